The molecule has 28 heavy (non-hydrogen) atoms. The summed E-state index contributed by atoms with van der Waals surface area (Å²) >= 11 is 1.65. The van der Waals surface area contributed by atoms with Gasteiger partial charge in [-0.25, -0.2) is 0 Å². The molecule has 0 atom stereocenters. The molecule has 1 amide bonds. The molecule has 0 spiro atoms. The molecule has 0 unspecified atom stereocenters. The minimum atomic E-state index is -0.0721. The molecular weight excluding hydrogens is 366 g/mol. The molecule has 0 saturated carbocycles. The third kappa shape index (κ3) is 4.32. The zero-order valence-electron chi connectivity index (χ0n) is 15.3. The largest absolute Gasteiger partial charge is 0.326 e. The number of nitrogens with one attached hydrogen (secondary N) is 2. The fourth-order valence-corrected chi connectivity index (χ4v) is 3.84. The van der Waals surface area contributed by atoms with Gasteiger partial charge in [-0.2, -0.15) is 5.10 Å². The summed E-state index contributed by atoms with van der Waals surface area (Å²) in [4.78, 5) is 13.4. The Morgan fingerprint density at radius 1 is 0.964 bits per heavy atom. The van der Waals surface area contributed by atoms with Crippen molar-refractivity contribution < 1.29 is 4.79 Å². The van der Waals surface area contributed by atoms with Crippen LogP contribution in [0.2, 0.25) is 0 Å². The molecule has 2 N–H and O–H groups in total. The normalized spacial score (nSPS) is 11.2. The number of fused-ring (bicyclic) bond motifs is 1. The Morgan fingerprint density at radius 3 is 2.61 bits per heavy atom. The van der Waals surface area contributed by atoms with E-state index in [0.717, 1.165) is 37.6 Å². The van der Waals surface area contributed by atoms with Crippen molar-refractivity contribution in [1.29, 1.82) is 0 Å². The van der Waals surface area contributed by atoms with E-state index in [0.29, 0.717) is 0 Å². The molecular formula is C23H19N3OS. The zero-order valence-corrected chi connectivity index (χ0v) is 16.2. The van der Waals surface area contributed by atoms with Crippen molar-refractivity contribution in [2.24, 2.45) is 0 Å². The number of H-pyrrole nitrogens is 1. The number of rotatable bonds is 5. The van der Waals surface area contributed by atoms with Crippen LogP contribution in [0.5, 0.6) is 0 Å². The van der Waals surface area contributed by atoms with Gasteiger partial charge in [-0.3, -0.25) is 9.89 Å². The number of anilines is 1. The second-order valence-electron chi connectivity index (χ2n) is 6.37. The van der Waals surface area contributed by atoms with Crippen molar-refractivity contribution in [2.45, 2.75) is 16.7 Å². The van der Waals surface area contributed by atoms with Gasteiger partial charge in [0.05, 0.1) is 11.2 Å². The van der Waals surface area contributed by atoms with E-state index in [1.165, 1.54) is 6.92 Å². The van der Waals surface area contributed by atoms with Crippen molar-refractivity contribution >= 4 is 46.4 Å². The summed E-state index contributed by atoms with van der Waals surface area (Å²) in [5.41, 5.74) is 3.86. The predicted molar refractivity (Wildman–Crippen MR) is 116 cm³/mol. The summed E-state index contributed by atoms with van der Waals surface area (Å²) < 4.78 is 0. The number of benzene rings is 3. The van der Waals surface area contributed by atoms with Crippen LogP contribution in [-0.4, -0.2) is 16.1 Å². The smallest absolute Gasteiger partial charge is 0.221 e. The quantitative estimate of drug-likeness (QED) is 0.453. The second-order valence-corrected chi connectivity index (χ2v) is 7.52. The Bertz CT molecular complexity index is 1150. The topological polar surface area (TPSA) is 57.8 Å². The lowest BCUT2D eigenvalue weighted by molar-refractivity contribution is -0.114. The van der Waals surface area contributed by atoms with Gasteiger partial charge in [-0.05, 0) is 48.0 Å². The maximum absolute atomic E-state index is 11.2. The molecule has 0 aliphatic heterocycles. The van der Waals surface area contributed by atoms with E-state index in [1.54, 1.807) is 11.8 Å². The molecule has 138 valence electrons. The van der Waals surface area contributed by atoms with Crippen molar-refractivity contribution in [3.8, 4) is 0 Å². The fourth-order valence-electron chi connectivity index (χ4n) is 2.93. The number of hydrogen-bond donors (Lipinski definition) is 2. The van der Waals surface area contributed by atoms with Crippen LogP contribution in [0.15, 0.2) is 82.6 Å². The summed E-state index contributed by atoms with van der Waals surface area (Å²) in [7, 11) is 0. The highest BCUT2D eigenvalue weighted by molar-refractivity contribution is 7.99. The molecule has 3 aromatic carbocycles. The number of amides is 1. The first-order chi connectivity index (χ1) is 13.7. The van der Waals surface area contributed by atoms with E-state index in [-0.39, 0.29) is 5.91 Å². The SMILES string of the molecule is CC(=O)Nc1cccc(Sc2ccc3c(/C=C/c4ccccc4)n[nH]c3c2)c1. The molecule has 4 aromatic rings. The molecule has 0 aliphatic rings. The molecule has 0 aliphatic carbocycles. The fraction of sp³-hybridized carbons (Fsp3) is 0.0435. The van der Waals surface area contributed by atoms with Gasteiger partial charge in [-0.1, -0.05) is 54.2 Å². The number of carbonyl (C=O) groups excluding carboxylic acids is 1. The lowest BCUT2D eigenvalue weighted by atomic mass is 10.1. The van der Waals surface area contributed by atoms with Crippen molar-refractivity contribution in [3.05, 3.63) is 84.1 Å². The monoisotopic (exact) mass is 385 g/mol. The standard InChI is InChI=1S/C23H19N3OS/c1-16(27)24-18-8-5-9-19(14-18)28-20-11-12-21-22(25-26-23(21)15-20)13-10-17-6-3-2-4-7-17/h2-15H,1H3,(H,24,27)(H,25,26)/b13-10+. The minimum Gasteiger partial charge on any atom is -0.326 e. The van der Waals surface area contributed by atoms with Crippen LogP contribution in [0.25, 0.3) is 23.1 Å². The first-order valence-electron chi connectivity index (χ1n) is 8.94. The van der Waals surface area contributed by atoms with E-state index >= 15 is 0 Å². The average molecular weight is 385 g/mol. The zero-order chi connectivity index (χ0) is 19.3. The highest BCUT2D eigenvalue weighted by Crippen LogP contribution is 2.32. The summed E-state index contributed by atoms with van der Waals surface area (Å²) in [5.74, 6) is -0.0721. The van der Waals surface area contributed by atoms with E-state index in [4.69, 9.17) is 0 Å². The molecule has 0 radical (unpaired) electrons. The number of nitrogens with zero attached hydrogens (tertiary/aromatic N) is 1. The minimum absolute atomic E-state index is 0.0721. The lowest BCUT2D eigenvalue weighted by Gasteiger charge is -2.06. The molecule has 4 rings (SSSR count). The Hall–Kier alpha value is -3.31. The number of hydrogen-bond acceptors (Lipinski definition) is 3. The summed E-state index contributed by atoms with van der Waals surface area (Å²) in [5, 5.41) is 11.5. The van der Waals surface area contributed by atoms with Crippen LogP contribution in [-0.2, 0) is 4.79 Å². The molecule has 1 heterocycles. The van der Waals surface area contributed by atoms with Crippen LogP contribution < -0.4 is 5.32 Å². The summed E-state index contributed by atoms with van der Waals surface area (Å²) in [6.07, 6.45) is 4.09. The van der Waals surface area contributed by atoms with Crippen molar-refractivity contribution in [1.82, 2.24) is 10.2 Å². The summed E-state index contributed by atoms with van der Waals surface area (Å²) in [6.45, 7) is 1.51. The van der Waals surface area contributed by atoms with Gasteiger partial charge in [-0.15, -0.1) is 0 Å². The maximum atomic E-state index is 11.2. The average Bonchev–Trinajstić information content (AvgIpc) is 3.09. The van der Waals surface area contributed by atoms with Crippen LogP contribution in [0, 0.1) is 0 Å². The molecule has 4 nitrogen and oxygen atoms in total. The highest BCUT2D eigenvalue weighted by Gasteiger charge is 2.06. The Balaban J connectivity index is 1.54. The molecule has 0 fully saturated rings. The first kappa shape index (κ1) is 18.1. The molecule has 0 bridgehead atoms. The molecule has 1 aromatic heterocycles. The van der Waals surface area contributed by atoms with Gasteiger partial charge in [0.15, 0.2) is 0 Å². The third-order valence-electron chi connectivity index (χ3n) is 4.19. The van der Waals surface area contributed by atoms with Gasteiger partial charge >= 0.3 is 0 Å². The lowest BCUT2D eigenvalue weighted by Crippen LogP contribution is -2.05. The van der Waals surface area contributed by atoms with Gasteiger partial charge in [0.25, 0.3) is 0 Å². The highest BCUT2D eigenvalue weighted by atomic mass is 32.2. The van der Waals surface area contributed by atoms with Crippen molar-refractivity contribution in [2.75, 3.05) is 5.32 Å². The Morgan fingerprint density at radius 2 is 1.79 bits per heavy atom. The molecule has 0 saturated heterocycles. The number of aromatic nitrogens is 2. The third-order valence-corrected chi connectivity index (χ3v) is 5.17. The van der Waals surface area contributed by atoms with Gasteiger partial charge < -0.3 is 5.32 Å². The van der Waals surface area contributed by atoms with E-state index in [1.807, 2.05) is 48.5 Å². The Kier molecular flexibility index (Phi) is 5.26. The van der Waals surface area contributed by atoms with Crippen LogP contribution >= 0.6 is 11.8 Å². The Labute approximate surface area is 167 Å². The van der Waals surface area contributed by atoms with Crippen molar-refractivity contribution in [3.63, 3.8) is 0 Å². The van der Waals surface area contributed by atoms with Crippen LogP contribution in [0.3, 0.4) is 0 Å². The van der Waals surface area contributed by atoms with E-state index in [2.05, 4.69) is 51.9 Å². The summed E-state index contributed by atoms with van der Waals surface area (Å²) in [6, 6.07) is 24.3. The maximum Gasteiger partial charge on any atom is 0.221 e. The van der Waals surface area contributed by atoms with Gasteiger partial charge in [0.2, 0.25) is 5.91 Å². The van der Waals surface area contributed by atoms with Crippen LogP contribution in [0.1, 0.15) is 18.2 Å². The molecule has 5 heteroatoms. The van der Waals surface area contributed by atoms with Gasteiger partial charge in [0, 0.05) is 27.8 Å². The van der Waals surface area contributed by atoms with E-state index < -0.39 is 0 Å². The first-order valence-corrected chi connectivity index (χ1v) is 9.76. The number of aromatic amines is 1. The van der Waals surface area contributed by atoms with Gasteiger partial charge in [0.1, 0.15) is 0 Å². The second kappa shape index (κ2) is 8.15. The number of carbonyl (C=O) groups is 1. The van der Waals surface area contributed by atoms with E-state index in [9.17, 15) is 4.79 Å². The predicted octanol–water partition coefficient (Wildman–Crippen LogP) is 5.84. The van der Waals surface area contributed by atoms with Crippen LogP contribution in [0.4, 0.5) is 5.69 Å².